The fraction of sp³-hybridized carbons (Fsp3) is 0.227. The maximum atomic E-state index is 12.0. The number of fused-ring (bicyclic) bond motifs is 1. The van der Waals surface area contributed by atoms with E-state index in [2.05, 4.69) is 41.7 Å². The van der Waals surface area contributed by atoms with E-state index in [-0.39, 0.29) is 5.91 Å². The Bertz CT molecular complexity index is 873. The zero-order chi connectivity index (χ0) is 18.2. The summed E-state index contributed by atoms with van der Waals surface area (Å²) in [5.41, 5.74) is 2.43. The van der Waals surface area contributed by atoms with Crippen LogP contribution in [0.3, 0.4) is 0 Å². The number of rotatable bonds is 8. The SMILES string of the molecule is Cc1cccc(OCCNC(=O)CSCc2cccc3ccccc23)c1. The summed E-state index contributed by atoms with van der Waals surface area (Å²) in [6.45, 7) is 3.02. The quantitative estimate of drug-likeness (QED) is 0.594. The molecule has 0 bridgehead atoms. The van der Waals surface area contributed by atoms with E-state index in [4.69, 9.17) is 4.74 Å². The van der Waals surface area contributed by atoms with Gasteiger partial charge in [-0.3, -0.25) is 4.79 Å². The molecule has 0 aromatic heterocycles. The summed E-state index contributed by atoms with van der Waals surface area (Å²) in [5, 5.41) is 5.40. The number of nitrogens with one attached hydrogen (secondary N) is 1. The van der Waals surface area contributed by atoms with Crippen LogP contribution in [-0.2, 0) is 10.5 Å². The lowest BCUT2D eigenvalue weighted by Gasteiger charge is -2.09. The van der Waals surface area contributed by atoms with Gasteiger partial charge in [-0.2, -0.15) is 0 Å². The van der Waals surface area contributed by atoms with Crippen molar-refractivity contribution in [3.63, 3.8) is 0 Å². The van der Waals surface area contributed by atoms with Crippen LogP contribution in [-0.4, -0.2) is 24.8 Å². The first-order valence-electron chi connectivity index (χ1n) is 8.73. The molecular formula is C22H23NO2S. The minimum atomic E-state index is 0.0445. The van der Waals surface area contributed by atoms with Crippen LogP contribution in [0.4, 0.5) is 0 Å². The minimum absolute atomic E-state index is 0.0445. The second-order valence-electron chi connectivity index (χ2n) is 6.15. The van der Waals surface area contributed by atoms with Crippen molar-refractivity contribution in [1.82, 2.24) is 5.32 Å². The summed E-state index contributed by atoms with van der Waals surface area (Å²) in [7, 11) is 0. The van der Waals surface area contributed by atoms with Crippen LogP contribution in [0.5, 0.6) is 5.75 Å². The molecule has 0 aliphatic rings. The number of hydrogen-bond acceptors (Lipinski definition) is 3. The van der Waals surface area contributed by atoms with Crippen LogP contribution in [0.15, 0.2) is 66.7 Å². The molecule has 0 saturated carbocycles. The van der Waals surface area contributed by atoms with Crippen LogP contribution < -0.4 is 10.1 Å². The molecule has 0 saturated heterocycles. The summed E-state index contributed by atoms with van der Waals surface area (Å²) in [6, 6.07) is 22.6. The largest absolute Gasteiger partial charge is 0.492 e. The molecule has 0 heterocycles. The topological polar surface area (TPSA) is 38.3 Å². The van der Waals surface area contributed by atoms with Gasteiger partial charge in [0.1, 0.15) is 12.4 Å². The number of carbonyl (C=O) groups is 1. The second-order valence-corrected chi connectivity index (χ2v) is 7.13. The van der Waals surface area contributed by atoms with E-state index >= 15 is 0 Å². The first-order chi connectivity index (χ1) is 12.7. The Morgan fingerprint density at radius 3 is 2.73 bits per heavy atom. The highest BCUT2D eigenvalue weighted by Crippen LogP contribution is 2.22. The van der Waals surface area contributed by atoms with Gasteiger partial charge in [-0.25, -0.2) is 0 Å². The van der Waals surface area contributed by atoms with Gasteiger partial charge in [-0.05, 0) is 41.0 Å². The number of aryl methyl sites for hydroxylation is 1. The van der Waals surface area contributed by atoms with Gasteiger partial charge in [0.05, 0.1) is 12.3 Å². The summed E-state index contributed by atoms with van der Waals surface area (Å²) in [4.78, 5) is 12.0. The smallest absolute Gasteiger partial charge is 0.230 e. The summed E-state index contributed by atoms with van der Waals surface area (Å²) < 4.78 is 5.64. The Hall–Kier alpha value is -2.46. The lowest BCUT2D eigenvalue weighted by molar-refractivity contribution is -0.118. The Balaban J connectivity index is 1.37. The van der Waals surface area contributed by atoms with Gasteiger partial charge in [0, 0.05) is 5.75 Å². The van der Waals surface area contributed by atoms with Gasteiger partial charge in [0.15, 0.2) is 0 Å². The third-order valence-electron chi connectivity index (χ3n) is 4.05. The Kier molecular flexibility index (Phi) is 6.56. The highest BCUT2D eigenvalue weighted by atomic mass is 32.2. The van der Waals surface area contributed by atoms with Crippen molar-refractivity contribution in [2.45, 2.75) is 12.7 Å². The molecule has 0 unspecified atom stereocenters. The molecule has 1 N–H and O–H groups in total. The standard InChI is InChI=1S/C22H23NO2S/c1-17-6-4-10-20(14-17)25-13-12-23-22(24)16-26-15-19-9-5-8-18-7-2-3-11-21(18)19/h2-11,14H,12-13,15-16H2,1H3,(H,23,24). The first-order valence-corrected chi connectivity index (χ1v) is 9.88. The molecule has 0 atom stereocenters. The monoisotopic (exact) mass is 365 g/mol. The molecule has 26 heavy (non-hydrogen) atoms. The lowest BCUT2D eigenvalue weighted by Crippen LogP contribution is -2.29. The molecular weight excluding hydrogens is 342 g/mol. The predicted molar refractivity (Wildman–Crippen MR) is 110 cm³/mol. The van der Waals surface area contributed by atoms with Crippen molar-refractivity contribution in [3.05, 3.63) is 77.9 Å². The highest BCUT2D eigenvalue weighted by molar-refractivity contribution is 7.99. The van der Waals surface area contributed by atoms with E-state index in [0.29, 0.717) is 18.9 Å². The summed E-state index contributed by atoms with van der Waals surface area (Å²) >= 11 is 1.63. The molecule has 0 aliphatic carbocycles. The third-order valence-corrected chi connectivity index (χ3v) is 5.03. The number of ether oxygens (including phenoxy) is 1. The fourth-order valence-electron chi connectivity index (χ4n) is 2.79. The van der Waals surface area contributed by atoms with Crippen molar-refractivity contribution >= 4 is 28.4 Å². The molecule has 134 valence electrons. The molecule has 0 radical (unpaired) electrons. The third kappa shape index (κ3) is 5.27. The number of amides is 1. The van der Waals surface area contributed by atoms with Crippen molar-refractivity contribution in [2.24, 2.45) is 0 Å². The molecule has 4 heteroatoms. The van der Waals surface area contributed by atoms with E-state index in [1.165, 1.54) is 16.3 Å². The number of hydrogen-bond donors (Lipinski definition) is 1. The molecule has 3 aromatic rings. The van der Waals surface area contributed by atoms with Crippen LogP contribution in [0.25, 0.3) is 10.8 Å². The van der Waals surface area contributed by atoms with Gasteiger partial charge < -0.3 is 10.1 Å². The molecule has 0 aliphatic heterocycles. The van der Waals surface area contributed by atoms with Gasteiger partial charge >= 0.3 is 0 Å². The number of thioether (sulfide) groups is 1. The van der Waals surface area contributed by atoms with E-state index < -0.39 is 0 Å². The summed E-state index contributed by atoms with van der Waals surface area (Å²) in [5.74, 6) is 2.16. The van der Waals surface area contributed by atoms with Gasteiger partial charge in [-0.15, -0.1) is 11.8 Å². The minimum Gasteiger partial charge on any atom is -0.492 e. The predicted octanol–water partition coefficient (Wildman–Crippen LogP) is 4.58. The summed E-state index contributed by atoms with van der Waals surface area (Å²) in [6.07, 6.45) is 0. The van der Waals surface area contributed by atoms with Crippen molar-refractivity contribution in [3.8, 4) is 5.75 Å². The van der Waals surface area contributed by atoms with E-state index in [9.17, 15) is 4.79 Å². The van der Waals surface area contributed by atoms with Gasteiger partial charge in [0.25, 0.3) is 0 Å². The highest BCUT2D eigenvalue weighted by Gasteiger charge is 2.04. The van der Waals surface area contributed by atoms with Gasteiger partial charge in [-0.1, -0.05) is 54.6 Å². The maximum absolute atomic E-state index is 12.0. The van der Waals surface area contributed by atoms with Crippen molar-refractivity contribution in [2.75, 3.05) is 18.9 Å². The Morgan fingerprint density at radius 2 is 1.85 bits per heavy atom. The number of carbonyl (C=O) groups excluding carboxylic acids is 1. The van der Waals surface area contributed by atoms with Gasteiger partial charge in [0.2, 0.25) is 5.91 Å². The average Bonchev–Trinajstić information content (AvgIpc) is 2.65. The van der Waals surface area contributed by atoms with Crippen molar-refractivity contribution in [1.29, 1.82) is 0 Å². The van der Waals surface area contributed by atoms with E-state index in [0.717, 1.165) is 17.1 Å². The van der Waals surface area contributed by atoms with E-state index in [1.54, 1.807) is 11.8 Å². The van der Waals surface area contributed by atoms with Crippen LogP contribution in [0.1, 0.15) is 11.1 Å². The van der Waals surface area contributed by atoms with Crippen LogP contribution in [0.2, 0.25) is 0 Å². The molecule has 3 nitrogen and oxygen atoms in total. The first kappa shape index (κ1) is 18.3. The zero-order valence-corrected chi connectivity index (χ0v) is 15.7. The molecule has 0 spiro atoms. The molecule has 1 amide bonds. The van der Waals surface area contributed by atoms with Crippen molar-refractivity contribution < 1.29 is 9.53 Å². The van der Waals surface area contributed by atoms with Crippen LogP contribution >= 0.6 is 11.8 Å². The Morgan fingerprint density at radius 1 is 1.04 bits per heavy atom. The lowest BCUT2D eigenvalue weighted by atomic mass is 10.1. The maximum Gasteiger partial charge on any atom is 0.230 e. The second kappa shape index (κ2) is 9.30. The number of benzene rings is 3. The average molecular weight is 365 g/mol. The normalized spacial score (nSPS) is 10.7. The van der Waals surface area contributed by atoms with Crippen LogP contribution in [0, 0.1) is 6.92 Å². The van der Waals surface area contributed by atoms with E-state index in [1.807, 2.05) is 37.3 Å². The fourth-order valence-corrected chi connectivity index (χ4v) is 3.65. The zero-order valence-electron chi connectivity index (χ0n) is 14.9. The Labute approximate surface area is 158 Å². The molecule has 3 rings (SSSR count). The molecule has 0 fully saturated rings. The molecule has 3 aromatic carbocycles.